The summed E-state index contributed by atoms with van der Waals surface area (Å²) in [7, 11) is 0. The molecule has 0 unspecified atom stereocenters. The second-order valence-corrected chi connectivity index (χ2v) is 25.8. The van der Waals surface area contributed by atoms with E-state index in [1.807, 2.05) is 0 Å². The molecule has 98 heavy (non-hydrogen) atoms. The van der Waals surface area contributed by atoms with Gasteiger partial charge in [-0.2, -0.15) is 0 Å². The summed E-state index contributed by atoms with van der Waals surface area (Å²) in [4.78, 5) is 155. The van der Waals surface area contributed by atoms with E-state index in [0.29, 0.717) is 25.8 Å². The van der Waals surface area contributed by atoms with E-state index in [9.17, 15) is 84.3 Å². The third kappa shape index (κ3) is 21.5. The van der Waals surface area contributed by atoms with E-state index in [0.717, 1.165) is 32.6 Å². The Balaban J connectivity index is 1.66. The fraction of sp³-hybridized carbons (Fsp3) is 0.817. The molecule has 558 valence electrons. The first kappa shape index (κ1) is 82.2. The number of nitrogens with one attached hydrogen (secondary N) is 8. The lowest BCUT2D eigenvalue weighted by Gasteiger charge is -2.44. The minimum atomic E-state index is -2.25. The molecule has 5 rings (SSSR count). The number of likely N-dealkylation sites (tertiary alicyclic amines) is 2. The number of aliphatic hydroxyl groups excluding tert-OH is 9. The summed E-state index contributed by atoms with van der Waals surface area (Å²) < 4.78 is 36.1. The first-order valence-corrected chi connectivity index (χ1v) is 32.8. The summed E-state index contributed by atoms with van der Waals surface area (Å²) >= 11 is 0. The van der Waals surface area contributed by atoms with Crippen molar-refractivity contribution in [2.45, 2.75) is 266 Å². The van der Waals surface area contributed by atoms with Crippen LogP contribution in [0.5, 0.6) is 0 Å². The second kappa shape index (κ2) is 37.8. The van der Waals surface area contributed by atoms with Crippen LogP contribution in [0.1, 0.15) is 114 Å². The van der Waals surface area contributed by atoms with E-state index in [2.05, 4.69) is 42.5 Å². The molecule has 11 amide bonds. The highest BCUT2D eigenvalue weighted by Crippen LogP contribution is 2.30. The van der Waals surface area contributed by atoms with E-state index in [-0.39, 0.29) is 51.1 Å². The predicted molar refractivity (Wildman–Crippen MR) is 334 cm³/mol. The molecule has 5 saturated heterocycles. The van der Waals surface area contributed by atoms with Crippen LogP contribution in [0, 0.1) is 5.92 Å². The molecule has 0 radical (unpaired) electrons. The fourth-order valence-electron chi connectivity index (χ4n) is 12.5. The molecule has 38 nitrogen and oxygen atoms in total. The van der Waals surface area contributed by atoms with Crippen molar-refractivity contribution in [1.82, 2.24) is 52.3 Å². The molecule has 0 aromatic rings. The van der Waals surface area contributed by atoms with Gasteiger partial charge in [0, 0.05) is 40.8 Å². The lowest BCUT2D eigenvalue weighted by molar-refractivity contribution is -0.283. The van der Waals surface area contributed by atoms with Gasteiger partial charge in [-0.15, -0.1) is 0 Å². The Morgan fingerprint density at radius 2 is 0.867 bits per heavy atom. The summed E-state index contributed by atoms with van der Waals surface area (Å²) in [5.74, 6) is -10.5. The minimum absolute atomic E-state index is 0.0175. The third-order valence-electron chi connectivity index (χ3n) is 17.7. The minimum Gasteiger partial charge on any atom is -0.394 e. The van der Waals surface area contributed by atoms with E-state index < -0.39 is 237 Å². The molecule has 5 fully saturated rings. The van der Waals surface area contributed by atoms with Gasteiger partial charge in [0.1, 0.15) is 115 Å². The summed E-state index contributed by atoms with van der Waals surface area (Å²) in [6.45, 7) is 8.77. The maximum absolute atomic E-state index is 15.8. The van der Waals surface area contributed by atoms with Gasteiger partial charge in [0.05, 0.1) is 38.1 Å². The van der Waals surface area contributed by atoms with Gasteiger partial charge in [-0.05, 0) is 84.6 Å². The monoisotopic (exact) mass is 1410 g/mol. The van der Waals surface area contributed by atoms with Crippen LogP contribution in [0.2, 0.25) is 0 Å². The van der Waals surface area contributed by atoms with Crippen molar-refractivity contribution >= 4 is 65.0 Å². The molecule has 0 spiro atoms. The molecule has 25 atom stereocenters. The van der Waals surface area contributed by atoms with Crippen molar-refractivity contribution in [2.24, 2.45) is 17.4 Å². The van der Waals surface area contributed by atoms with Crippen molar-refractivity contribution < 1.29 is 127 Å². The van der Waals surface area contributed by atoms with Crippen molar-refractivity contribution in [3.63, 3.8) is 0 Å². The highest BCUT2D eigenvalue weighted by atomic mass is 16.7. The van der Waals surface area contributed by atoms with Crippen molar-refractivity contribution in [2.75, 3.05) is 39.5 Å². The third-order valence-corrected chi connectivity index (χ3v) is 17.7. The number of nitrogens with zero attached hydrogens (tertiary/aromatic N) is 2. The van der Waals surface area contributed by atoms with Crippen molar-refractivity contribution in [3.8, 4) is 0 Å². The van der Waals surface area contributed by atoms with Crippen LogP contribution in [0.25, 0.3) is 0 Å². The summed E-state index contributed by atoms with van der Waals surface area (Å²) in [5.41, 5.74) is 11.3. The highest BCUT2D eigenvalue weighted by Gasteiger charge is 2.52. The zero-order chi connectivity index (χ0) is 73.3. The molecular formula is C60H102N12O26. The van der Waals surface area contributed by atoms with E-state index in [4.69, 9.17) is 39.9 Å². The van der Waals surface area contributed by atoms with Gasteiger partial charge >= 0.3 is 0 Å². The number of nitrogens with two attached hydrogens (primary N) is 2. The maximum Gasteiger partial charge on any atom is 0.248 e. The van der Waals surface area contributed by atoms with Crippen LogP contribution in [0.15, 0.2) is 0 Å². The van der Waals surface area contributed by atoms with E-state index in [1.165, 1.54) is 25.7 Å². The number of primary amides is 1. The topological polar surface area (TPSA) is 580 Å². The molecular weight excluding hydrogens is 1300 g/mol. The number of aliphatic hydroxyl groups is 9. The van der Waals surface area contributed by atoms with Gasteiger partial charge in [-0.3, -0.25) is 52.7 Å². The molecule has 0 bridgehead atoms. The molecule has 0 aliphatic carbocycles. The second-order valence-electron chi connectivity index (χ2n) is 25.8. The van der Waals surface area contributed by atoms with Gasteiger partial charge in [0.15, 0.2) is 18.9 Å². The van der Waals surface area contributed by atoms with Crippen LogP contribution in [0.4, 0.5) is 0 Å². The van der Waals surface area contributed by atoms with Crippen LogP contribution in [0.3, 0.4) is 0 Å². The molecule has 21 N–H and O–H groups in total. The lowest BCUT2D eigenvalue weighted by Crippen LogP contribution is -2.68. The number of carbonyl (C=O) groups is 11. The fourth-order valence-corrected chi connectivity index (χ4v) is 12.5. The molecule has 5 aliphatic heterocycles. The van der Waals surface area contributed by atoms with E-state index in [1.54, 1.807) is 13.8 Å². The SMILES string of the molecule is CC(=O)N[C@H]1[C@@H](O[C@H](C)[C@H](NC(=O)[C@@H](NC(=O)[C@@H]2CCCN2C(C)=O)[C@@H](C)O[C@H]2O[C@H](CO)[C@H](O)[C@H](O)[C@H]2NC(C)=O)C(=O)N[C@H](C(=O)N2CCC[C@H]2C(=O)N[C@@H](CC(C)C)C(=O)N[C@@H](CCCCN)C(N)=O)[C@@H](C)O[C@H]2O[C@H](CO)[C@H](O)[C@H](O)[C@H]2NC(C)=O)O[C@H](CO)[C@H](O)[C@@H]1O. The Morgan fingerprint density at radius 1 is 0.490 bits per heavy atom. The Bertz CT molecular complexity index is 2740. The van der Waals surface area contributed by atoms with Gasteiger partial charge in [-0.25, -0.2) is 0 Å². The summed E-state index contributed by atoms with van der Waals surface area (Å²) in [6.07, 6.45) is -25.5. The van der Waals surface area contributed by atoms with Crippen LogP contribution in [-0.2, 0) is 81.2 Å². The standard InChI is InChI=1S/C60H102N12O26/c1-24(2)20-33(52(87)66-32(51(62)86)14-10-11-17-61)67-53(88)35-16-13-19-72(35)57(92)41(27(5)95-60-44(65-30(8)78)50(85)47(82)38(23-75)98-60)70-56(91)40(26(4)94-59-43(64-29(7)77)49(84)46(81)37(22-74)97-59)69-55(90)39(68-54(89)34-15-12-18-71(34)31(9)79)25(3)93-58-42(63-28(6)76)48(83)45(80)36(21-73)96-58/h24-27,32-50,58-60,73-75,80-85H,10-23,61H2,1-9H3,(H2,62,86)(H,63,76)(H,64,77)(H,65,78)(H,66,87)(H,67,88)(H,68,89)(H,69,90)(H,70,91)/t25-,26-,27-,32+,33+,34+,35+,36-,37-,38-,39+,40+,41+,42-,43-,44-,45+,46+,47+,48-,49-,50-,58+,59+,60+/m1/s1. The molecule has 38 heteroatoms. The smallest absolute Gasteiger partial charge is 0.248 e. The molecule has 0 aromatic carbocycles. The van der Waals surface area contributed by atoms with Gasteiger partial charge in [0.2, 0.25) is 65.0 Å². The number of amides is 11. The maximum atomic E-state index is 15.8. The summed E-state index contributed by atoms with van der Waals surface area (Å²) in [5, 5.41) is 117. The van der Waals surface area contributed by atoms with Crippen molar-refractivity contribution in [3.05, 3.63) is 0 Å². The highest BCUT2D eigenvalue weighted by molar-refractivity contribution is 5.98. The molecule has 0 saturated carbocycles. The Morgan fingerprint density at radius 3 is 1.24 bits per heavy atom. The van der Waals surface area contributed by atoms with Gasteiger partial charge in [-0.1, -0.05) is 13.8 Å². The average Bonchev–Trinajstić information content (AvgIpc) is 0.977. The summed E-state index contributed by atoms with van der Waals surface area (Å²) in [6, 6.07) is -16.5. The Kier molecular flexibility index (Phi) is 31.7. The molecule has 0 aromatic heterocycles. The molecule has 5 heterocycles. The average molecular weight is 1410 g/mol. The largest absolute Gasteiger partial charge is 0.394 e. The van der Waals surface area contributed by atoms with Gasteiger partial charge < -0.3 is 138 Å². The van der Waals surface area contributed by atoms with Crippen LogP contribution in [-0.4, -0.2) is 313 Å². The van der Waals surface area contributed by atoms with Crippen LogP contribution >= 0.6 is 0 Å². The zero-order valence-corrected chi connectivity index (χ0v) is 56.4. The first-order chi connectivity index (χ1) is 46.1. The van der Waals surface area contributed by atoms with Gasteiger partial charge in [0.25, 0.3) is 0 Å². The predicted octanol–water partition coefficient (Wildman–Crippen LogP) is -9.88. The number of hydrogen-bond acceptors (Lipinski definition) is 27. The first-order valence-electron chi connectivity index (χ1n) is 32.8. The number of rotatable bonds is 33. The quantitative estimate of drug-likeness (QED) is 0.0271. The Hall–Kier alpha value is -6.47. The number of hydrogen-bond donors (Lipinski definition) is 19. The molecule has 5 aliphatic rings. The zero-order valence-electron chi connectivity index (χ0n) is 56.4. The normalized spacial score (nSPS) is 31.2. The van der Waals surface area contributed by atoms with Crippen LogP contribution < -0.4 is 54.0 Å². The Labute approximate surface area is 565 Å². The van der Waals surface area contributed by atoms with Crippen molar-refractivity contribution in [1.29, 1.82) is 0 Å². The van der Waals surface area contributed by atoms with E-state index >= 15 is 14.4 Å². The number of carbonyl (C=O) groups excluding carboxylic acids is 11. The number of unbranched alkanes of at least 4 members (excludes halogenated alkanes) is 1. The number of ether oxygens (including phenoxy) is 6. The lowest BCUT2D eigenvalue weighted by atomic mass is 9.96.